The molecule has 2 aromatic carbocycles. The summed E-state index contributed by atoms with van der Waals surface area (Å²) in [5.41, 5.74) is 1.17. The van der Waals surface area contributed by atoms with Crippen molar-refractivity contribution in [3.05, 3.63) is 60.2 Å². The van der Waals surface area contributed by atoms with E-state index in [4.69, 9.17) is 9.66 Å². The van der Waals surface area contributed by atoms with Crippen molar-refractivity contribution in [1.82, 2.24) is 0 Å². The summed E-state index contributed by atoms with van der Waals surface area (Å²) < 4.78 is 29.2. The summed E-state index contributed by atoms with van der Waals surface area (Å²) in [7, 11) is -4.00. The molecule has 0 heterocycles. The second kappa shape index (κ2) is 6.18. The molecule has 0 aliphatic rings. The Bertz CT molecular complexity index is 553. The molecule has 0 aliphatic heterocycles. The van der Waals surface area contributed by atoms with E-state index >= 15 is 0 Å². The molecule has 96 valence electrons. The summed E-state index contributed by atoms with van der Waals surface area (Å²) in [4.78, 5) is -0.0741. The zero-order chi connectivity index (χ0) is 13.6. The van der Waals surface area contributed by atoms with Crippen molar-refractivity contribution in [3.8, 4) is 5.75 Å². The maximum absolute atomic E-state index is 10.4. The van der Waals surface area contributed by atoms with E-state index < -0.39 is 10.1 Å². The van der Waals surface area contributed by atoms with Crippen LogP contribution in [0.25, 0.3) is 0 Å². The van der Waals surface area contributed by atoms with E-state index in [1.165, 1.54) is 17.7 Å². The first kappa shape index (κ1) is 14.2. The van der Waals surface area contributed by atoms with Crippen molar-refractivity contribution in [2.24, 2.45) is 0 Å². The average Bonchev–Trinajstić information content (AvgIpc) is 2.34. The summed E-state index contributed by atoms with van der Waals surface area (Å²) in [6.45, 7) is 1.99. The first-order valence-electron chi connectivity index (χ1n) is 5.18. The topological polar surface area (TPSA) is 74.6 Å². The van der Waals surface area contributed by atoms with Crippen molar-refractivity contribution in [2.45, 2.75) is 11.8 Å². The molecule has 2 aromatic rings. The van der Waals surface area contributed by atoms with Gasteiger partial charge in [0.2, 0.25) is 0 Å². The Kier molecular flexibility index (Phi) is 4.88. The van der Waals surface area contributed by atoms with Crippen LogP contribution in [0, 0.1) is 6.92 Å². The summed E-state index contributed by atoms with van der Waals surface area (Å²) >= 11 is 0. The predicted molar refractivity (Wildman–Crippen MR) is 69.1 cm³/mol. The molecular formula is C13H14O4S. The van der Waals surface area contributed by atoms with E-state index in [0.29, 0.717) is 5.75 Å². The Morgan fingerprint density at radius 2 is 1.39 bits per heavy atom. The lowest BCUT2D eigenvalue weighted by Crippen LogP contribution is -1.96. The molecule has 0 fully saturated rings. The fourth-order valence-corrected chi connectivity index (χ4v) is 1.64. The molecular weight excluding hydrogens is 252 g/mol. The van der Waals surface area contributed by atoms with Gasteiger partial charge in [-0.2, -0.15) is 8.42 Å². The maximum Gasteiger partial charge on any atom is 0.294 e. The minimum atomic E-state index is -4.00. The number of hydrogen-bond acceptors (Lipinski definition) is 3. The molecule has 0 atom stereocenters. The van der Waals surface area contributed by atoms with Gasteiger partial charge in [-0.25, -0.2) is 0 Å². The number of aryl methyl sites for hydroxylation is 1. The molecule has 0 amide bonds. The first-order valence-corrected chi connectivity index (χ1v) is 6.62. The van der Waals surface area contributed by atoms with Gasteiger partial charge in [0, 0.05) is 0 Å². The summed E-state index contributed by atoms with van der Waals surface area (Å²) in [5.74, 6) is 0.329. The third-order valence-electron chi connectivity index (χ3n) is 2.08. The van der Waals surface area contributed by atoms with E-state index in [-0.39, 0.29) is 4.90 Å². The number of hydrogen-bond donors (Lipinski definition) is 2. The lowest BCUT2D eigenvalue weighted by molar-refractivity contribution is 0.475. The van der Waals surface area contributed by atoms with Crippen molar-refractivity contribution < 1.29 is 18.1 Å². The lowest BCUT2D eigenvalue weighted by Gasteiger charge is -1.92. The Balaban J connectivity index is 0.000000184. The summed E-state index contributed by atoms with van der Waals surface area (Å²) in [5, 5.41) is 8.76. The second-order valence-corrected chi connectivity index (χ2v) is 5.05. The van der Waals surface area contributed by atoms with Gasteiger partial charge in [-0.15, -0.1) is 0 Å². The van der Waals surface area contributed by atoms with Crippen LogP contribution < -0.4 is 0 Å². The van der Waals surface area contributed by atoms with E-state index in [1.54, 1.807) is 30.3 Å². The normalized spacial score (nSPS) is 10.3. The van der Waals surface area contributed by atoms with Gasteiger partial charge >= 0.3 is 0 Å². The highest BCUT2D eigenvalue weighted by Gasteiger charge is 2.05. The fraction of sp³-hybridized carbons (Fsp3) is 0.0769. The van der Waals surface area contributed by atoms with E-state index in [2.05, 4.69) is 0 Å². The standard InChI is InChI=1S/C7H8O.C6H6O3S/c1-6-2-4-7(8)5-3-6;7-10(8,9)6-4-2-1-3-5-6/h2-5,8H,1H3;1-5H,(H,7,8,9). The van der Waals surface area contributed by atoms with E-state index in [9.17, 15) is 8.42 Å². The molecule has 0 saturated carbocycles. The molecule has 0 saturated heterocycles. The lowest BCUT2D eigenvalue weighted by atomic mass is 10.2. The quantitative estimate of drug-likeness (QED) is 0.778. The van der Waals surface area contributed by atoms with E-state index in [1.807, 2.05) is 19.1 Å². The highest BCUT2D eigenvalue weighted by molar-refractivity contribution is 7.85. The van der Waals surface area contributed by atoms with Crippen molar-refractivity contribution in [3.63, 3.8) is 0 Å². The van der Waals surface area contributed by atoms with Crippen LogP contribution in [-0.4, -0.2) is 18.1 Å². The molecule has 0 bridgehead atoms. The molecule has 2 rings (SSSR count). The largest absolute Gasteiger partial charge is 0.508 e. The number of aromatic hydroxyl groups is 1. The van der Waals surface area contributed by atoms with Crippen LogP contribution in [0.5, 0.6) is 5.75 Å². The number of rotatable bonds is 1. The van der Waals surface area contributed by atoms with Crippen molar-refractivity contribution in [2.75, 3.05) is 0 Å². The van der Waals surface area contributed by atoms with Crippen LogP contribution in [0.15, 0.2) is 59.5 Å². The van der Waals surface area contributed by atoms with Crippen molar-refractivity contribution in [1.29, 1.82) is 0 Å². The highest BCUT2D eigenvalue weighted by Crippen LogP contribution is 2.07. The summed E-state index contributed by atoms with van der Waals surface area (Å²) in [6.07, 6.45) is 0. The van der Waals surface area contributed by atoms with Gasteiger partial charge in [0.05, 0.1) is 4.90 Å². The van der Waals surface area contributed by atoms with Gasteiger partial charge in [0.1, 0.15) is 5.75 Å². The molecule has 18 heavy (non-hydrogen) atoms. The van der Waals surface area contributed by atoms with Crippen LogP contribution >= 0.6 is 0 Å². The van der Waals surface area contributed by atoms with Crippen LogP contribution in [0.3, 0.4) is 0 Å². The predicted octanol–water partition coefficient (Wildman–Crippen LogP) is 2.63. The average molecular weight is 266 g/mol. The third-order valence-corrected chi connectivity index (χ3v) is 2.94. The second-order valence-electron chi connectivity index (χ2n) is 3.62. The number of phenolic OH excluding ortho intramolecular Hbond substituents is 1. The van der Waals surface area contributed by atoms with Crippen molar-refractivity contribution >= 4 is 10.1 Å². The molecule has 0 radical (unpaired) electrons. The van der Waals surface area contributed by atoms with Gasteiger partial charge in [-0.3, -0.25) is 4.55 Å². The molecule has 0 aromatic heterocycles. The Morgan fingerprint density at radius 3 is 1.72 bits per heavy atom. The van der Waals surface area contributed by atoms with Crippen LogP contribution in [-0.2, 0) is 10.1 Å². The Hall–Kier alpha value is -1.85. The minimum Gasteiger partial charge on any atom is -0.508 e. The maximum atomic E-state index is 10.4. The smallest absolute Gasteiger partial charge is 0.294 e. The van der Waals surface area contributed by atoms with E-state index in [0.717, 1.165) is 0 Å². The Labute approximate surface area is 106 Å². The fourth-order valence-electron chi connectivity index (χ4n) is 1.14. The monoisotopic (exact) mass is 266 g/mol. The molecule has 0 aliphatic carbocycles. The van der Waals surface area contributed by atoms with Crippen LogP contribution in [0.1, 0.15) is 5.56 Å². The summed E-state index contributed by atoms with van der Waals surface area (Å²) in [6, 6.07) is 14.5. The minimum absolute atomic E-state index is 0.0741. The zero-order valence-electron chi connectivity index (χ0n) is 9.82. The zero-order valence-corrected chi connectivity index (χ0v) is 10.6. The molecule has 2 N–H and O–H groups in total. The molecule has 4 nitrogen and oxygen atoms in total. The first-order chi connectivity index (χ1) is 8.39. The Morgan fingerprint density at radius 1 is 0.889 bits per heavy atom. The van der Waals surface area contributed by atoms with Gasteiger partial charge in [-0.05, 0) is 31.2 Å². The molecule has 0 spiro atoms. The number of phenols is 1. The number of benzene rings is 2. The molecule has 5 heteroatoms. The van der Waals surface area contributed by atoms with Gasteiger partial charge in [0.25, 0.3) is 10.1 Å². The van der Waals surface area contributed by atoms with Gasteiger partial charge in [-0.1, -0.05) is 35.9 Å². The third kappa shape index (κ3) is 4.99. The molecule has 0 unspecified atom stereocenters. The van der Waals surface area contributed by atoms with Gasteiger partial charge < -0.3 is 5.11 Å². The van der Waals surface area contributed by atoms with Gasteiger partial charge in [0.15, 0.2) is 0 Å². The van der Waals surface area contributed by atoms with Crippen LogP contribution in [0.2, 0.25) is 0 Å². The SMILES string of the molecule is Cc1ccc(O)cc1.O=S(=O)(O)c1ccccc1. The highest BCUT2D eigenvalue weighted by atomic mass is 32.2. The van der Waals surface area contributed by atoms with Crippen LogP contribution in [0.4, 0.5) is 0 Å².